The normalized spacial score (nSPS) is 26.6. The molecule has 0 aromatic heterocycles. The minimum atomic E-state index is -0.932. The molecule has 3 aromatic carbocycles. The number of benzene rings is 3. The van der Waals surface area contributed by atoms with Crippen LogP contribution in [0.2, 0.25) is 0 Å². The highest BCUT2D eigenvalue weighted by Crippen LogP contribution is 2.66. The molecule has 26 heavy (non-hydrogen) atoms. The maximum Gasteiger partial charge on any atom is 0.200 e. The zero-order chi connectivity index (χ0) is 17.7. The molecule has 0 saturated carbocycles. The topological polar surface area (TPSA) is 29.6 Å². The molecule has 5 rings (SSSR count). The highest BCUT2D eigenvalue weighted by molar-refractivity contribution is 7.99. The largest absolute Gasteiger partial charge is 0.351 e. The molecule has 2 nitrogen and oxygen atoms in total. The molecule has 1 saturated heterocycles. The third-order valence-corrected chi connectivity index (χ3v) is 6.51. The first-order valence-corrected chi connectivity index (χ1v) is 9.37. The molecule has 0 aliphatic carbocycles. The summed E-state index contributed by atoms with van der Waals surface area (Å²) in [7, 11) is 0. The molecule has 0 radical (unpaired) electrons. The summed E-state index contributed by atoms with van der Waals surface area (Å²) in [4.78, 5) is 14.4. The van der Waals surface area contributed by atoms with Crippen molar-refractivity contribution in [2.24, 2.45) is 0 Å². The molecule has 2 heterocycles. The molecule has 3 atom stereocenters. The molecule has 0 N–H and O–H groups in total. The Morgan fingerprint density at radius 2 is 1.54 bits per heavy atom. The number of hydrogen-bond donors (Lipinski definition) is 0. The Labute approximate surface area is 155 Å². The van der Waals surface area contributed by atoms with Gasteiger partial charge in [0.05, 0.1) is 5.25 Å². The summed E-state index contributed by atoms with van der Waals surface area (Å²) in [6.45, 7) is 0. The lowest BCUT2D eigenvalue weighted by atomic mass is 9.85. The lowest BCUT2D eigenvalue weighted by molar-refractivity contribution is 0.0861. The molecule has 0 bridgehead atoms. The van der Waals surface area contributed by atoms with Crippen molar-refractivity contribution in [3.8, 4) is 0 Å². The summed E-state index contributed by atoms with van der Waals surface area (Å²) in [5.74, 6) is -0.284. The van der Waals surface area contributed by atoms with Gasteiger partial charge in [-0.3, -0.25) is 4.79 Å². The Morgan fingerprint density at radius 3 is 2.31 bits per heavy atom. The number of ketones is 1. The monoisotopic (exact) mass is 362 g/mol. The van der Waals surface area contributed by atoms with Crippen molar-refractivity contribution in [2.45, 2.75) is 21.9 Å². The van der Waals surface area contributed by atoms with E-state index < -0.39 is 5.60 Å². The van der Waals surface area contributed by atoms with Crippen molar-refractivity contribution in [3.05, 3.63) is 101 Å². The van der Waals surface area contributed by atoms with E-state index in [1.54, 1.807) is 23.9 Å². The average molecular weight is 362 g/mol. The van der Waals surface area contributed by atoms with E-state index in [1.165, 1.54) is 12.1 Å². The van der Waals surface area contributed by atoms with Gasteiger partial charge in [0.2, 0.25) is 0 Å². The fraction of sp³-hybridized carbons (Fsp3) is 0.136. The zero-order valence-electron chi connectivity index (χ0n) is 13.8. The Bertz CT molecular complexity index is 987. The predicted molar refractivity (Wildman–Crippen MR) is 98.8 cm³/mol. The van der Waals surface area contributed by atoms with Crippen LogP contribution in [0.25, 0.3) is 0 Å². The van der Waals surface area contributed by atoms with Crippen LogP contribution in [-0.2, 0) is 4.74 Å². The van der Waals surface area contributed by atoms with Gasteiger partial charge >= 0.3 is 0 Å². The van der Waals surface area contributed by atoms with Crippen LogP contribution < -0.4 is 0 Å². The van der Waals surface area contributed by atoms with Gasteiger partial charge in [-0.1, -0.05) is 60.7 Å². The van der Waals surface area contributed by atoms with E-state index in [-0.39, 0.29) is 23.0 Å². The summed E-state index contributed by atoms with van der Waals surface area (Å²) < 4.78 is 19.4. The molecular formula is C22H15FO2S. The van der Waals surface area contributed by atoms with Gasteiger partial charge in [-0.15, -0.1) is 11.8 Å². The first-order valence-electron chi connectivity index (χ1n) is 8.49. The quantitative estimate of drug-likeness (QED) is 0.574. The van der Waals surface area contributed by atoms with Crippen molar-refractivity contribution >= 4 is 17.5 Å². The maximum atomic E-state index is 13.4. The van der Waals surface area contributed by atoms with Crippen molar-refractivity contribution in [1.29, 1.82) is 0 Å². The average Bonchev–Trinajstić information content (AvgIpc) is 3.42. The van der Waals surface area contributed by atoms with Crippen molar-refractivity contribution in [2.75, 3.05) is 0 Å². The number of rotatable bonds is 2. The van der Waals surface area contributed by atoms with Gasteiger partial charge in [0.1, 0.15) is 11.9 Å². The Kier molecular flexibility index (Phi) is 3.52. The zero-order valence-corrected chi connectivity index (χ0v) is 14.6. The van der Waals surface area contributed by atoms with Gasteiger partial charge in [0, 0.05) is 10.5 Å². The third kappa shape index (κ3) is 2.26. The minimum absolute atomic E-state index is 0.00929. The summed E-state index contributed by atoms with van der Waals surface area (Å²) in [5, 5.41) is -0.138. The van der Waals surface area contributed by atoms with Gasteiger partial charge in [0.15, 0.2) is 11.4 Å². The number of hydrogen-bond acceptors (Lipinski definition) is 3. The smallest absolute Gasteiger partial charge is 0.200 e. The maximum absolute atomic E-state index is 13.4. The van der Waals surface area contributed by atoms with E-state index in [0.717, 1.165) is 16.0 Å². The van der Waals surface area contributed by atoms with Crippen LogP contribution in [0.1, 0.15) is 32.8 Å². The first-order chi connectivity index (χ1) is 12.7. The summed E-state index contributed by atoms with van der Waals surface area (Å²) in [6.07, 6.45) is -0.360. The molecule has 128 valence electrons. The van der Waals surface area contributed by atoms with Crippen LogP contribution in [-0.4, -0.2) is 11.4 Å². The van der Waals surface area contributed by atoms with Crippen LogP contribution in [0, 0.1) is 5.82 Å². The highest BCUT2D eigenvalue weighted by Gasteiger charge is 2.69. The summed E-state index contributed by atoms with van der Waals surface area (Å²) >= 11 is 1.66. The van der Waals surface area contributed by atoms with E-state index in [4.69, 9.17) is 4.74 Å². The number of halogens is 1. The predicted octanol–water partition coefficient (Wildman–Crippen LogP) is 5.37. The van der Waals surface area contributed by atoms with Crippen LogP contribution in [0.5, 0.6) is 0 Å². The fourth-order valence-corrected chi connectivity index (χ4v) is 5.18. The molecule has 3 aromatic rings. The number of epoxide rings is 1. The fourth-order valence-electron chi connectivity index (χ4n) is 3.73. The Balaban J connectivity index is 1.64. The minimum Gasteiger partial charge on any atom is -0.351 e. The Hall–Kier alpha value is -2.43. The molecule has 4 heteroatoms. The molecule has 1 fully saturated rings. The molecule has 2 aliphatic rings. The summed E-state index contributed by atoms with van der Waals surface area (Å²) in [5.41, 5.74) is 1.66. The Morgan fingerprint density at radius 1 is 0.846 bits per heavy atom. The molecule has 2 aliphatic heterocycles. The van der Waals surface area contributed by atoms with Crippen molar-refractivity contribution in [3.63, 3.8) is 0 Å². The number of fused-ring (bicyclic) bond motifs is 1. The molecular weight excluding hydrogens is 347 g/mol. The van der Waals surface area contributed by atoms with Crippen molar-refractivity contribution < 1.29 is 13.9 Å². The van der Waals surface area contributed by atoms with E-state index in [2.05, 4.69) is 0 Å². The standard InChI is InChI=1S/C22H15FO2S/c23-16-12-10-14(11-13-16)20-22(25-20)19(24)17-8-4-5-9-18(17)26-21(22)15-6-2-1-3-7-15/h1-13,20-21H. The molecule has 0 amide bonds. The van der Waals surface area contributed by atoms with Crippen molar-refractivity contribution in [1.82, 2.24) is 0 Å². The third-order valence-electron chi connectivity index (χ3n) is 5.04. The SMILES string of the molecule is O=C1c2ccccc2SC(c2ccccc2)C12OC2c1ccc(F)cc1. The van der Waals surface area contributed by atoms with Crippen LogP contribution in [0.3, 0.4) is 0 Å². The van der Waals surface area contributed by atoms with Gasteiger partial charge in [0.25, 0.3) is 0 Å². The molecule has 3 unspecified atom stereocenters. The van der Waals surface area contributed by atoms with E-state index in [0.29, 0.717) is 5.56 Å². The van der Waals surface area contributed by atoms with Crippen LogP contribution in [0.15, 0.2) is 83.8 Å². The van der Waals surface area contributed by atoms with Gasteiger partial charge < -0.3 is 4.74 Å². The second-order valence-electron chi connectivity index (χ2n) is 6.58. The lowest BCUT2D eigenvalue weighted by Gasteiger charge is -2.30. The number of carbonyl (C=O) groups is 1. The van der Waals surface area contributed by atoms with E-state index >= 15 is 0 Å². The van der Waals surface area contributed by atoms with Crippen LogP contribution in [0.4, 0.5) is 4.39 Å². The first kappa shape index (κ1) is 15.8. The second-order valence-corrected chi connectivity index (χ2v) is 7.72. The van der Waals surface area contributed by atoms with Gasteiger partial charge in [-0.25, -0.2) is 4.39 Å². The number of thioether (sulfide) groups is 1. The summed E-state index contributed by atoms with van der Waals surface area (Å²) in [6, 6.07) is 23.9. The second kappa shape index (κ2) is 5.79. The number of Topliss-reactive ketones (excluding diaryl/α,β-unsaturated/α-hetero) is 1. The number of ether oxygens (including phenoxy) is 1. The number of carbonyl (C=O) groups excluding carboxylic acids is 1. The molecule has 1 spiro atoms. The van der Waals surface area contributed by atoms with E-state index in [1.807, 2.05) is 54.6 Å². The lowest BCUT2D eigenvalue weighted by Crippen LogP contribution is -2.35. The van der Waals surface area contributed by atoms with E-state index in [9.17, 15) is 9.18 Å². The van der Waals surface area contributed by atoms with Gasteiger partial charge in [-0.05, 0) is 29.3 Å². The van der Waals surface area contributed by atoms with Crippen LogP contribution >= 0.6 is 11.8 Å². The highest BCUT2D eigenvalue weighted by atomic mass is 32.2. The van der Waals surface area contributed by atoms with Gasteiger partial charge in [-0.2, -0.15) is 0 Å².